The molecule has 0 spiro atoms. The van der Waals surface area contributed by atoms with Crippen molar-refractivity contribution in [3.8, 4) is 5.75 Å². The molecule has 1 N–H and O–H groups in total. The molecule has 1 amide bonds. The molecule has 0 saturated heterocycles. The minimum Gasteiger partial charge on any atom is -0.503 e. The minimum atomic E-state index is -0.679. The van der Waals surface area contributed by atoms with Gasteiger partial charge in [0, 0.05) is 13.1 Å². The fourth-order valence-corrected chi connectivity index (χ4v) is 4.09. The van der Waals surface area contributed by atoms with E-state index < -0.39 is 17.7 Å². The van der Waals surface area contributed by atoms with Crippen molar-refractivity contribution in [1.82, 2.24) is 9.80 Å². The molecule has 0 saturated carbocycles. The Labute approximate surface area is 202 Å². The maximum atomic E-state index is 13.3. The first kappa shape index (κ1) is 25.2. The third-order valence-corrected chi connectivity index (χ3v) is 5.99. The van der Waals surface area contributed by atoms with Crippen LogP contribution < -0.4 is 4.74 Å². The molecule has 1 aliphatic rings. The molecule has 2 aromatic carbocycles. The largest absolute Gasteiger partial charge is 0.503 e. The summed E-state index contributed by atoms with van der Waals surface area (Å²) in [6, 6.07) is 16.2. The summed E-state index contributed by atoms with van der Waals surface area (Å²) in [6.07, 6.45) is 3.99. The molecule has 6 heteroatoms. The monoisotopic (exact) mass is 462 g/mol. The zero-order valence-corrected chi connectivity index (χ0v) is 20.2. The average molecular weight is 463 g/mol. The van der Waals surface area contributed by atoms with Gasteiger partial charge in [0.25, 0.3) is 5.91 Å². The van der Waals surface area contributed by atoms with Crippen LogP contribution in [0.25, 0.3) is 6.08 Å². The molecule has 0 bridgehead atoms. The van der Waals surface area contributed by atoms with E-state index >= 15 is 0 Å². The van der Waals surface area contributed by atoms with E-state index in [2.05, 4.69) is 18.7 Å². The number of hydrogen-bond acceptors (Lipinski definition) is 5. The predicted octanol–water partition coefficient (Wildman–Crippen LogP) is 4.80. The Bertz CT molecular complexity index is 1040. The Hall–Kier alpha value is -3.38. The van der Waals surface area contributed by atoms with Crippen LogP contribution in [0.4, 0.5) is 0 Å². The second kappa shape index (κ2) is 12.2. The molecule has 0 aliphatic carbocycles. The van der Waals surface area contributed by atoms with Gasteiger partial charge in [-0.1, -0.05) is 69.3 Å². The van der Waals surface area contributed by atoms with E-state index in [9.17, 15) is 14.7 Å². The van der Waals surface area contributed by atoms with Crippen molar-refractivity contribution in [3.63, 3.8) is 0 Å². The number of carbonyl (C=O) groups excluding carboxylic acids is 2. The fraction of sp³-hybridized carbons (Fsp3) is 0.357. The number of amides is 1. The van der Waals surface area contributed by atoms with Crippen LogP contribution in [-0.4, -0.2) is 59.4 Å². The van der Waals surface area contributed by atoms with Gasteiger partial charge < -0.3 is 19.6 Å². The van der Waals surface area contributed by atoms with E-state index in [1.807, 2.05) is 61.5 Å². The summed E-state index contributed by atoms with van der Waals surface area (Å²) in [5.74, 6) is -0.709. The Morgan fingerprint density at radius 2 is 1.82 bits per heavy atom. The number of nitrogens with zero attached hydrogens (tertiary/aromatic N) is 2. The van der Waals surface area contributed by atoms with Crippen molar-refractivity contribution in [3.05, 3.63) is 83.1 Å². The topological polar surface area (TPSA) is 70.1 Å². The first-order valence-corrected chi connectivity index (χ1v) is 12.0. The quantitative estimate of drug-likeness (QED) is 0.459. The lowest BCUT2D eigenvalue weighted by Crippen LogP contribution is -2.38. The smallest absolute Gasteiger partial charge is 0.290 e. The summed E-state index contributed by atoms with van der Waals surface area (Å²) in [5, 5.41) is 10.8. The Morgan fingerprint density at radius 3 is 2.50 bits per heavy atom. The van der Waals surface area contributed by atoms with Crippen LogP contribution in [0.5, 0.6) is 5.75 Å². The number of rotatable bonds is 12. The lowest BCUT2D eigenvalue weighted by Gasteiger charge is -2.29. The maximum Gasteiger partial charge on any atom is 0.290 e. The van der Waals surface area contributed by atoms with Crippen LogP contribution >= 0.6 is 0 Å². The minimum absolute atomic E-state index is 0.101. The summed E-state index contributed by atoms with van der Waals surface area (Å²) in [7, 11) is 0. The van der Waals surface area contributed by atoms with E-state index in [1.54, 1.807) is 11.0 Å². The van der Waals surface area contributed by atoms with Crippen LogP contribution in [0.1, 0.15) is 44.4 Å². The number of allylic oxidation sites excluding steroid dienone is 1. The highest BCUT2D eigenvalue weighted by Gasteiger charge is 2.42. The summed E-state index contributed by atoms with van der Waals surface area (Å²) >= 11 is 0. The molecule has 1 unspecified atom stereocenters. The molecule has 2 aromatic rings. The van der Waals surface area contributed by atoms with Gasteiger partial charge in [0.2, 0.25) is 0 Å². The number of aliphatic hydroxyl groups is 1. The Balaban J connectivity index is 1.96. The summed E-state index contributed by atoms with van der Waals surface area (Å²) in [4.78, 5) is 30.2. The van der Waals surface area contributed by atoms with E-state index in [0.29, 0.717) is 25.4 Å². The highest BCUT2D eigenvalue weighted by atomic mass is 16.5. The van der Waals surface area contributed by atoms with Gasteiger partial charge in [-0.2, -0.15) is 0 Å². The number of aliphatic hydroxyl groups excluding tert-OH is 1. The van der Waals surface area contributed by atoms with Crippen molar-refractivity contribution in [2.24, 2.45) is 0 Å². The fourth-order valence-electron chi connectivity index (χ4n) is 4.09. The molecule has 0 fully saturated rings. The van der Waals surface area contributed by atoms with Gasteiger partial charge in [-0.05, 0) is 48.8 Å². The first-order chi connectivity index (χ1) is 16.5. The SMILES string of the molecule is CCCOc1cccc(C2C(C(=O)C=Cc3ccccc3)=C(O)C(=O)N2CCN(CC)CC)c1. The van der Waals surface area contributed by atoms with Crippen molar-refractivity contribution in [1.29, 1.82) is 0 Å². The van der Waals surface area contributed by atoms with E-state index in [1.165, 1.54) is 6.08 Å². The number of likely N-dealkylation sites (N-methyl/N-ethyl adjacent to an activating group) is 1. The van der Waals surface area contributed by atoms with Crippen molar-refractivity contribution >= 4 is 17.8 Å². The van der Waals surface area contributed by atoms with Crippen LogP contribution in [0.15, 0.2) is 72.0 Å². The van der Waals surface area contributed by atoms with Crippen molar-refractivity contribution in [2.75, 3.05) is 32.8 Å². The molecule has 3 rings (SSSR count). The Morgan fingerprint density at radius 1 is 1.09 bits per heavy atom. The third-order valence-electron chi connectivity index (χ3n) is 5.99. The standard InChI is InChI=1S/C28H34N2O4/c1-4-19-34-23-14-10-13-22(20-23)26-25(24(31)16-15-21-11-8-7-9-12-21)27(32)28(33)30(26)18-17-29(5-2)6-3/h7-16,20,26,32H,4-6,17-19H2,1-3H3. The van der Waals surface area contributed by atoms with Gasteiger partial charge in [0.05, 0.1) is 18.2 Å². The van der Waals surface area contributed by atoms with Crippen LogP contribution in [0.3, 0.4) is 0 Å². The maximum absolute atomic E-state index is 13.3. The lowest BCUT2D eigenvalue weighted by molar-refractivity contribution is -0.129. The van der Waals surface area contributed by atoms with Gasteiger partial charge in [-0.25, -0.2) is 0 Å². The molecule has 1 aliphatic heterocycles. The summed E-state index contributed by atoms with van der Waals surface area (Å²) in [6.45, 7) is 9.50. The summed E-state index contributed by atoms with van der Waals surface area (Å²) in [5.41, 5.74) is 1.71. The van der Waals surface area contributed by atoms with Crippen LogP contribution in [0, 0.1) is 0 Å². The lowest BCUT2D eigenvalue weighted by atomic mass is 9.95. The number of ether oxygens (including phenoxy) is 1. The molecule has 0 aromatic heterocycles. The molecule has 1 heterocycles. The van der Waals surface area contributed by atoms with E-state index in [4.69, 9.17) is 4.74 Å². The summed E-state index contributed by atoms with van der Waals surface area (Å²) < 4.78 is 5.79. The molecular formula is C28H34N2O4. The van der Waals surface area contributed by atoms with Gasteiger partial charge in [0.15, 0.2) is 11.5 Å². The second-order valence-corrected chi connectivity index (χ2v) is 8.22. The van der Waals surface area contributed by atoms with Crippen LogP contribution in [0.2, 0.25) is 0 Å². The van der Waals surface area contributed by atoms with Gasteiger partial charge in [0.1, 0.15) is 5.75 Å². The second-order valence-electron chi connectivity index (χ2n) is 8.22. The third kappa shape index (κ3) is 5.94. The van der Waals surface area contributed by atoms with E-state index in [0.717, 1.165) is 30.6 Å². The number of benzene rings is 2. The Kier molecular flexibility index (Phi) is 9.05. The number of hydrogen-bond donors (Lipinski definition) is 1. The van der Waals surface area contributed by atoms with Gasteiger partial charge in [-0.15, -0.1) is 0 Å². The number of carbonyl (C=O) groups is 2. The molecule has 6 nitrogen and oxygen atoms in total. The predicted molar refractivity (Wildman–Crippen MR) is 135 cm³/mol. The van der Waals surface area contributed by atoms with E-state index in [-0.39, 0.29) is 11.4 Å². The zero-order chi connectivity index (χ0) is 24.5. The van der Waals surface area contributed by atoms with Gasteiger partial charge in [-0.3, -0.25) is 9.59 Å². The normalized spacial score (nSPS) is 16.2. The highest BCUT2D eigenvalue weighted by molar-refractivity contribution is 6.14. The molecule has 1 atom stereocenters. The molecule has 0 radical (unpaired) electrons. The molecular weight excluding hydrogens is 428 g/mol. The van der Waals surface area contributed by atoms with Gasteiger partial charge >= 0.3 is 0 Å². The zero-order valence-electron chi connectivity index (χ0n) is 20.2. The van der Waals surface area contributed by atoms with Crippen molar-refractivity contribution in [2.45, 2.75) is 33.2 Å². The van der Waals surface area contributed by atoms with Crippen LogP contribution in [-0.2, 0) is 9.59 Å². The average Bonchev–Trinajstić information content (AvgIpc) is 3.12. The molecule has 180 valence electrons. The highest BCUT2D eigenvalue weighted by Crippen LogP contribution is 2.39. The van der Waals surface area contributed by atoms with Crippen molar-refractivity contribution < 1.29 is 19.4 Å². The molecule has 34 heavy (non-hydrogen) atoms. The number of ketones is 1. The first-order valence-electron chi connectivity index (χ1n) is 12.0.